The minimum atomic E-state index is -2.94. The van der Waals surface area contributed by atoms with E-state index < -0.39 is 9.84 Å². The van der Waals surface area contributed by atoms with Crippen molar-refractivity contribution in [1.82, 2.24) is 5.32 Å². The molecule has 5 rings (SSSR count). The number of benzene rings is 3. The third-order valence-corrected chi connectivity index (χ3v) is 10.2. The molecule has 248 valence electrons. The molecule has 0 radical (unpaired) electrons. The summed E-state index contributed by atoms with van der Waals surface area (Å²) in [6.45, 7) is 5.43. The van der Waals surface area contributed by atoms with E-state index in [0.717, 1.165) is 60.3 Å². The Kier molecular flexibility index (Phi) is 10.9. The molecule has 1 saturated carbocycles. The summed E-state index contributed by atoms with van der Waals surface area (Å²) < 4.78 is 34.6. The molecule has 10 heteroatoms. The second-order valence-corrected chi connectivity index (χ2v) is 15.7. The van der Waals surface area contributed by atoms with Gasteiger partial charge in [0.1, 0.15) is 9.84 Å². The number of fused-ring (bicyclic) bond motifs is 1. The van der Waals surface area contributed by atoms with E-state index in [9.17, 15) is 13.2 Å². The SMILES string of the molecule is COc1cc2c(cc1OC(C)C)[C@H](c1ccc(Cl)cc1)N(c1ccc(N(C)CC3CCC(NCCS(C)(=O)=O)CC3)cc1)C(=O)C2. The third kappa shape index (κ3) is 8.35. The van der Waals surface area contributed by atoms with Crippen LogP contribution >= 0.6 is 11.6 Å². The maximum Gasteiger partial charge on any atom is 0.232 e. The number of amides is 1. The first kappa shape index (κ1) is 34.1. The summed E-state index contributed by atoms with van der Waals surface area (Å²) in [6.07, 6.45) is 5.83. The van der Waals surface area contributed by atoms with E-state index in [1.807, 2.05) is 67.3 Å². The van der Waals surface area contributed by atoms with Gasteiger partial charge in [-0.3, -0.25) is 4.79 Å². The van der Waals surface area contributed by atoms with Crippen LogP contribution in [0.2, 0.25) is 5.02 Å². The predicted molar refractivity (Wildman–Crippen MR) is 186 cm³/mol. The van der Waals surface area contributed by atoms with E-state index in [0.29, 0.717) is 35.0 Å². The van der Waals surface area contributed by atoms with Gasteiger partial charge in [-0.1, -0.05) is 23.7 Å². The van der Waals surface area contributed by atoms with Crippen LogP contribution in [0.1, 0.15) is 62.3 Å². The monoisotopic (exact) mass is 667 g/mol. The molecule has 0 saturated heterocycles. The van der Waals surface area contributed by atoms with Crippen molar-refractivity contribution in [1.29, 1.82) is 0 Å². The van der Waals surface area contributed by atoms with E-state index in [1.165, 1.54) is 6.26 Å². The molecule has 8 nitrogen and oxygen atoms in total. The smallest absolute Gasteiger partial charge is 0.232 e. The molecule has 1 heterocycles. The van der Waals surface area contributed by atoms with Gasteiger partial charge in [-0.2, -0.15) is 0 Å². The number of nitrogens with zero attached hydrogens (tertiary/aromatic N) is 2. The zero-order chi connectivity index (χ0) is 33.0. The molecule has 0 unspecified atom stereocenters. The Balaban J connectivity index is 1.33. The number of methoxy groups -OCH3 is 1. The van der Waals surface area contributed by atoms with E-state index in [1.54, 1.807) is 7.11 Å². The second-order valence-electron chi connectivity index (χ2n) is 13.0. The quantitative estimate of drug-likeness (QED) is 0.238. The molecular formula is C36H46ClN3O5S. The van der Waals surface area contributed by atoms with Crippen LogP contribution in [0.15, 0.2) is 60.7 Å². The Bertz CT molecular complexity index is 1600. The highest BCUT2D eigenvalue weighted by molar-refractivity contribution is 7.90. The summed E-state index contributed by atoms with van der Waals surface area (Å²) in [5, 5.41) is 4.06. The fraction of sp³-hybridized carbons (Fsp3) is 0.472. The van der Waals surface area contributed by atoms with Gasteiger partial charge in [0.2, 0.25) is 5.91 Å². The summed E-state index contributed by atoms with van der Waals surface area (Å²) in [7, 11) is 0.796. The Morgan fingerprint density at radius 1 is 1.00 bits per heavy atom. The highest BCUT2D eigenvalue weighted by atomic mass is 35.5. The number of nitrogens with one attached hydrogen (secondary N) is 1. The topological polar surface area (TPSA) is 88.2 Å². The van der Waals surface area contributed by atoms with Crippen LogP contribution in [-0.4, -0.2) is 65.7 Å². The van der Waals surface area contributed by atoms with Gasteiger partial charge in [0.25, 0.3) is 0 Å². The number of anilines is 2. The van der Waals surface area contributed by atoms with Crippen molar-refractivity contribution >= 4 is 38.7 Å². The first-order valence-corrected chi connectivity index (χ1v) is 18.5. The molecule has 1 N–H and O–H groups in total. The molecule has 3 aromatic carbocycles. The maximum atomic E-state index is 13.9. The molecule has 46 heavy (non-hydrogen) atoms. The molecule has 1 atom stereocenters. The zero-order valence-corrected chi connectivity index (χ0v) is 29.0. The largest absolute Gasteiger partial charge is 0.493 e. The average Bonchev–Trinajstić information content (AvgIpc) is 3.01. The van der Waals surface area contributed by atoms with Crippen molar-refractivity contribution < 1.29 is 22.7 Å². The van der Waals surface area contributed by atoms with Gasteiger partial charge < -0.3 is 24.6 Å². The number of carbonyl (C=O) groups excluding carboxylic acids is 1. The van der Waals surface area contributed by atoms with Gasteiger partial charge in [-0.05, 0) is 111 Å². The van der Waals surface area contributed by atoms with Crippen LogP contribution in [0.25, 0.3) is 0 Å². The van der Waals surface area contributed by atoms with Gasteiger partial charge in [0.05, 0.1) is 31.4 Å². The summed E-state index contributed by atoms with van der Waals surface area (Å²) in [4.78, 5) is 18.1. The van der Waals surface area contributed by atoms with E-state index in [2.05, 4.69) is 29.4 Å². The van der Waals surface area contributed by atoms with Crippen molar-refractivity contribution in [2.24, 2.45) is 5.92 Å². The lowest BCUT2D eigenvalue weighted by atomic mass is 9.85. The molecule has 0 spiro atoms. The van der Waals surface area contributed by atoms with Gasteiger partial charge >= 0.3 is 0 Å². The van der Waals surface area contributed by atoms with Crippen LogP contribution in [0.3, 0.4) is 0 Å². The molecule has 0 bridgehead atoms. The van der Waals surface area contributed by atoms with Crippen LogP contribution in [0.4, 0.5) is 11.4 Å². The lowest BCUT2D eigenvalue weighted by Gasteiger charge is -2.38. The molecule has 1 aliphatic heterocycles. The second kappa shape index (κ2) is 14.7. The highest BCUT2D eigenvalue weighted by Gasteiger charge is 2.36. The molecule has 2 aliphatic rings. The Hall–Kier alpha value is -3.27. The first-order chi connectivity index (χ1) is 21.9. The lowest BCUT2D eigenvalue weighted by Crippen LogP contribution is -2.41. The number of rotatable bonds is 12. The van der Waals surface area contributed by atoms with E-state index in [-0.39, 0.29) is 30.2 Å². The van der Waals surface area contributed by atoms with Crippen molar-refractivity contribution in [3.63, 3.8) is 0 Å². The summed E-state index contributed by atoms with van der Waals surface area (Å²) in [5.74, 6) is 2.04. The van der Waals surface area contributed by atoms with Crippen molar-refractivity contribution in [2.75, 3.05) is 49.1 Å². The number of hydrogen-bond donors (Lipinski definition) is 1. The number of sulfone groups is 1. The Morgan fingerprint density at radius 2 is 1.67 bits per heavy atom. The molecule has 1 aliphatic carbocycles. The lowest BCUT2D eigenvalue weighted by molar-refractivity contribution is -0.118. The van der Waals surface area contributed by atoms with Crippen LogP contribution in [0.5, 0.6) is 11.5 Å². The summed E-state index contributed by atoms with van der Waals surface area (Å²) >= 11 is 6.27. The van der Waals surface area contributed by atoms with Gasteiger partial charge in [-0.25, -0.2) is 8.42 Å². The molecule has 0 aromatic heterocycles. The third-order valence-electron chi connectivity index (χ3n) is 8.99. The van der Waals surface area contributed by atoms with Crippen LogP contribution in [0, 0.1) is 5.92 Å². The standard InChI is InChI=1S/C36H46ClN3O5S/c1-24(2)45-34-22-32-27(20-33(34)44-4)21-35(41)40(36(32)26-8-10-28(37)11-9-26)31-16-14-30(15-17-31)39(3)23-25-6-12-29(13-7-25)38-18-19-46(5,42)43/h8-11,14-17,20,22,24-25,29,36,38H,6-7,12-13,18-19,21,23H2,1-5H3/t25?,29?,36-/m0/s1. The van der Waals surface area contributed by atoms with Crippen LogP contribution in [-0.2, 0) is 21.1 Å². The minimum Gasteiger partial charge on any atom is -0.493 e. The Labute approximate surface area is 278 Å². The summed E-state index contributed by atoms with van der Waals surface area (Å²) in [5.41, 5.74) is 4.81. The van der Waals surface area contributed by atoms with Crippen LogP contribution < -0.4 is 24.6 Å². The fourth-order valence-corrected chi connectivity index (χ4v) is 7.30. The summed E-state index contributed by atoms with van der Waals surface area (Å²) in [6, 6.07) is 19.9. The normalized spacial score (nSPS) is 20.0. The maximum absolute atomic E-state index is 13.9. The molecule has 3 aromatic rings. The number of halogens is 1. The van der Waals surface area contributed by atoms with Gasteiger partial charge in [0.15, 0.2) is 11.5 Å². The molecular weight excluding hydrogens is 622 g/mol. The number of carbonyl (C=O) groups is 1. The van der Waals surface area contributed by atoms with Gasteiger partial charge in [0, 0.05) is 48.8 Å². The first-order valence-electron chi connectivity index (χ1n) is 16.1. The van der Waals surface area contributed by atoms with Crippen molar-refractivity contribution in [3.8, 4) is 11.5 Å². The van der Waals surface area contributed by atoms with E-state index >= 15 is 0 Å². The minimum absolute atomic E-state index is 0.00930. The zero-order valence-electron chi connectivity index (χ0n) is 27.5. The Morgan fingerprint density at radius 3 is 2.28 bits per heavy atom. The fourth-order valence-electron chi connectivity index (χ4n) is 6.69. The van der Waals surface area contributed by atoms with Crippen molar-refractivity contribution in [3.05, 3.63) is 82.4 Å². The average molecular weight is 668 g/mol. The molecule has 1 amide bonds. The molecule has 1 fully saturated rings. The number of hydrogen-bond acceptors (Lipinski definition) is 7. The van der Waals surface area contributed by atoms with Crippen molar-refractivity contribution in [2.45, 2.75) is 64.1 Å². The van der Waals surface area contributed by atoms with Gasteiger partial charge in [-0.15, -0.1) is 0 Å². The number of ether oxygens (including phenoxy) is 2. The van der Waals surface area contributed by atoms with E-state index in [4.69, 9.17) is 21.1 Å². The highest BCUT2D eigenvalue weighted by Crippen LogP contribution is 2.44. The predicted octanol–water partition coefficient (Wildman–Crippen LogP) is 6.44.